The van der Waals surface area contributed by atoms with Gasteiger partial charge in [-0.15, -0.1) is 0 Å². The van der Waals surface area contributed by atoms with Crippen molar-refractivity contribution in [1.82, 2.24) is 9.38 Å². The van der Waals surface area contributed by atoms with Gasteiger partial charge in [0.15, 0.2) is 0 Å². The number of carbonyl (C=O) groups is 1. The predicted octanol–water partition coefficient (Wildman–Crippen LogP) is 1.53. The van der Waals surface area contributed by atoms with Crippen molar-refractivity contribution in [2.75, 3.05) is 7.11 Å². The van der Waals surface area contributed by atoms with E-state index in [1.165, 1.54) is 7.11 Å². The number of carboxylic acids is 1. The Balaban J connectivity index is 2.55. The van der Waals surface area contributed by atoms with Crippen molar-refractivity contribution in [3.63, 3.8) is 0 Å². The Bertz CT molecular complexity index is 606. The molecular formula is C10H8BrN3O3. The third-order valence-corrected chi connectivity index (χ3v) is 2.51. The van der Waals surface area contributed by atoms with Crippen LogP contribution in [-0.2, 0) is 9.63 Å². The molecular weight excluding hydrogens is 290 g/mol. The molecule has 2 heterocycles. The maximum Gasteiger partial charge on any atom is 0.360 e. The standard InChI is InChI=1S/C10H8BrN3O3/c1-17-13-9(10(15)16)7-5-14-4-6(11)2-3-8(14)12-7/h2-5H,1H3,(H,15,16)/b13-9+. The summed E-state index contributed by atoms with van der Waals surface area (Å²) >= 11 is 3.32. The van der Waals surface area contributed by atoms with Gasteiger partial charge in [0.2, 0.25) is 5.71 Å². The van der Waals surface area contributed by atoms with E-state index >= 15 is 0 Å². The molecule has 0 bridgehead atoms. The number of rotatable bonds is 3. The number of aromatic nitrogens is 2. The average molecular weight is 298 g/mol. The van der Waals surface area contributed by atoms with Crippen LogP contribution in [0, 0.1) is 0 Å². The van der Waals surface area contributed by atoms with E-state index in [1.54, 1.807) is 22.9 Å². The molecule has 6 nitrogen and oxygen atoms in total. The molecule has 0 saturated carbocycles. The second-order valence-corrected chi connectivity index (χ2v) is 4.08. The number of aliphatic carboxylic acids is 1. The zero-order valence-corrected chi connectivity index (χ0v) is 10.4. The number of halogens is 1. The van der Waals surface area contributed by atoms with Crippen molar-refractivity contribution in [3.05, 3.63) is 34.7 Å². The molecule has 0 aromatic carbocycles. The molecule has 0 saturated heterocycles. The van der Waals surface area contributed by atoms with Crippen LogP contribution >= 0.6 is 15.9 Å². The number of pyridine rings is 1. The Labute approximate surface area is 105 Å². The van der Waals surface area contributed by atoms with Gasteiger partial charge in [0.1, 0.15) is 18.5 Å². The van der Waals surface area contributed by atoms with Crippen LogP contribution in [0.5, 0.6) is 0 Å². The molecule has 0 spiro atoms. The smallest absolute Gasteiger partial charge is 0.360 e. The van der Waals surface area contributed by atoms with Crippen molar-refractivity contribution in [1.29, 1.82) is 0 Å². The molecule has 7 heteroatoms. The van der Waals surface area contributed by atoms with Crippen LogP contribution in [0.1, 0.15) is 5.69 Å². The lowest BCUT2D eigenvalue weighted by molar-refractivity contribution is -0.129. The van der Waals surface area contributed by atoms with Crippen molar-refractivity contribution in [3.8, 4) is 0 Å². The average Bonchev–Trinajstić information content (AvgIpc) is 2.67. The summed E-state index contributed by atoms with van der Waals surface area (Å²) in [5.41, 5.74) is 0.651. The lowest BCUT2D eigenvalue weighted by atomic mass is 10.3. The fourth-order valence-electron chi connectivity index (χ4n) is 1.37. The van der Waals surface area contributed by atoms with E-state index in [-0.39, 0.29) is 11.4 Å². The second kappa shape index (κ2) is 4.54. The first-order valence-corrected chi connectivity index (χ1v) is 5.40. The number of hydrogen-bond acceptors (Lipinski definition) is 4. The lowest BCUT2D eigenvalue weighted by Crippen LogP contribution is -2.15. The lowest BCUT2D eigenvalue weighted by Gasteiger charge is -1.94. The van der Waals surface area contributed by atoms with Gasteiger partial charge in [-0.05, 0) is 28.1 Å². The highest BCUT2D eigenvalue weighted by molar-refractivity contribution is 9.10. The number of fused-ring (bicyclic) bond motifs is 1. The van der Waals surface area contributed by atoms with Gasteiger partial charge in [0.25, 0.3) is 0 Å². The van der Waals surface area contributed by atoms with E-state index in [1.807, 2.05) is 6.07 Å². The molecule has 0 radical (unpaired) electrons. The summed E-state index contributed by atoms with van der Waals surface area (Å²) < 4.78 is 2.57. The Morgan fingerprint density at radius 1 is 1.53 bits per heavy atom. The molecule has 0 atom stereocenters. The largest absolute Gasteiger partial charge is 0.476 e. The molecule has 2 aromatic rings. The first-order chi connectivity index (χ1) is 8.11. The highest BCUT2D eigenvalue weighted by atomic mass is 79.9. The van der Waals surface area contributed by atoms with Crippen LogP contribution in [0.25, 0.3) is 5.65 Å². The molecule has 17 heavy (non-hydrogen) atoms. The molecule has 0 aliphatic heterocycles. The van der Waals surface area contributed by atoms with Crippen molar-refractivity contribution < 1.29 is 14.7 Å². The zero-order valence-electron chi connectivity index (χ0n) is 8.79. The molecule has 1 N–H and O–H groups in total. The van der Waals surface area contributed by atoms with E-state index in [0.717, 1.165) is 4.47 Å². The van der Waals surface area contributed by atoms with E-state index < -0.39 is 5.97 Å². The summed E-state index contributed by atoms with van der Waals surface area (Å²) in [6, 6.07) is 3.58. The number of hydrogen-bond donors (Lipinski definition) is 1. The van der Waals surface area contributed by atoms with Gasteiger partial charge in [-0.1, -0.05) is 5.16 Å². The SMILES string of the molecule is CO/N=C(/C(=O)O)c1cn2cc(Br)ccc2n1. The highest BCUT2D eigenvalue weighted by Crippen LogP contribution is 2.13. The van der Waals surface area contributed by atoms with E-state index in [4.69, 9.17) is 5.11 Å². The zero-order chi connectivity index (χ0) is 12.4. The van der Waals surface area contributed by atoms with Crippen LogP contribution in [0.15, 0.2) is 34.2 Å². The maximum atomic E-state index is 11.0. The Kier molecular flexibility index (Phi) is 3.10. The van der Waals surface area contributed by atoms with Crippen LogP contribution in [0.3, 0.4) is 0 Å². The van der Waals surface area contributed by atoms with Crippen molar-refractivity contribution in [2.45, 2.75) is 0 Å². The Hall–Kier alpha value is -1.89. The first-order valence-electron chi connectivity index (χ1n) is 4.61. The van der Waals surface area contributed by atoms with Gasteiger partial charge in [-0.3, -0.25) is 0 Å². The Morgan fingerprint density at radius 2 is 2.29 bits per heavy atom. The summed E-state index contributed by atoms with van der Waals surface area (Å²) in [5.74, 6) is -1.19. The number of carboxylic acid groups (broad SMARTS) is 1. The summed E-state index contributed by atoms with van der Waals surface area (Å²) in [6.07, 6.45) is 3.35. The number of oxime groups is 1. The van der Waals surface area contributed by atoms with Gasteiger partial charge in [0.05, 0.1) is 0 Å². The molecule has 0 unspecified atom stereocenters. The fourth-order valence-corrected chi connectivity index (χ4v) is 1.72. The van der Waals surface area contributed by atoms with Crippen molar-refractivity contribution >= 4 is 33.3 Å². The third-order valence-electron chi connectivity index (χ3n) is 2.04. The third kappa shape index (κ3) is 2.28. The maximum absolute atomic E-state index is 11.0. The van der Waals surface area contributed by atoms with Crippen LogP contribution in [0.4, 0.5) is 0 Å². The first kappa shape index (κ1) is 11.6. The van der Waals surface area contributed by atoms with Gasteiger partial charge in [0, 0.05) is 16.9 Å². The summed E-state index contributed by atoms with van der Waals surface area (Å²) in [4.78, 5) is 19.6. The van der Waals surface area contributed by atoms with Crippen LogP contribution in [0.2, 0.25) is 0 Å². The fraction of sp³-hybridized carbons (Fsp3) is 0.100. The molecule has 0 aliphatic carbocycles. The van der Waals surface area contributed by atoms with Crippen LogP contribution in [-0.4, -0.2) is 33.3 Å². The number of imidazole rings is 1. The molecule has 88 valence electrons. The van der Waals surface area contributed by atoms with E-state index in [0.29, 0.717) is 5.65 Å². The Morgan fingerprint density at radius 3 is 2.94 bits per heavy atom. The van der Waals surface area contributed by atoms with E-state index in [9.17, 15) is 4.79 Å². The minimum atomic E-state index is -1.19. The quantitative estimate of drug-likeness (QED) is 0.688. The molecule has 0 fully saturated rings. The number of nitrogens with zero attached hydrogens (tertiary/aromatic N) is 3. The topological polar surface area (TPSA) is 76.2 Å². The predicted molar refractivity (Wildman–Crippen MR) is 64.1 cm³/mol. The van der Waals surface area contributed by atoms with Gasteiger partial charge < -0.3 is 14.3 Å². The van der Waals surface area contributed by atoms with Gasteiger partial charge in [-0.25, -0.2) is 9.78 Å². The van der Waals surface area contributed by atoms with E-state index in [2.05, 4.69) is 30.9 Å². The van der Waals surface area contributed by atoms with Gasteiger partial charge in [-0.2, -0.15) is 0 Å². The normalized spacial score (nSPS) is 11.8. The summed E-state index contributed by atoms with van der Waals surface area (Å²) in [5, 5.41) is 12.4. The second-order valence-electron chi connectivity index (χ2n) is 3.17. The monoisotopic (exact) mass is 297 g/mol. The minimum absolute atomic E-state index is 0.229. The molecule has 0 aliphatic rings. The molecule has 0 amide bonds. The molecule has 2 rings (SSSR count). The van der Waals surface area contributed by atoms with Gasteiger partial charge >= 0.3 is 5.97 Å². The van der Waals surface area contributed by atoms with Crippen molar-refractivity contribution in [2.24, 2.45) is 5.16 Å². The summed E-state index contributed by atoms with van der Waals surface area (Å²) in [6.45, 7) is 0. The van der Waals surface area contributed by atoms with Crippen LogP contribution < -0.4 is 0 Å². The minimum Gasteiger partial charge on any atom is -0.476 e. The summed E-state index contributed by atoms with van der Waals surface area (Å²) in [7, 11) is 1.29. The highest BCUT2D eigenvalue weighted by Gasteiger charge is 2.17. The molecule has 2 aromatic heterocycles.